The number of aryl methyl sites for hydroxylation is 1. The Labute approximate surface area is 194 Å². The Bertz CT molecular complexity index is 1380. The highest BCUT2D eigenvalue weighted by molar-refractivity contribution is 7.89. The number of hydrogen-bond donors (Lipinski definition) is 2. The van der Waals surface area contributed by atoms with Gasteiger partial charge < -0.3 is 5.32 Å². The maximum Gasteiger partial charge on any atom is 0.240 e. The predicted octanol–water partition coefficient (Wildman–Crippen LogP) is 3.90. The van der Waals surface area contributed by atoms with Crippen molar-refractivity contribution in [1.82, 2.24) is 19.3 Å². The molecule has 4 aromatic rings. The summed E-state index contributed by atoms with van der Waals surface area (Å²) >= 11 is 7.42. The topological polar surface area (TPSA) is 105 Å². The van der Waals surface area contributed by atoms with Crippen molar-refractivity contribution < 1.29 is 13.2 Å². The highest BCUT2D eigenvalue weighted by Gasteiger charge is 2.17. The first-order valence-electron chi connectivity index (χ1n) is 9.71. The molecule has 11 heteroatoms. The molecule has 2 aromatic carbocycles. The molecule has 0 unspecified atom stereocenters. The highest BCUT2D eigenvalue weighted by atomic mass is 35.5. The van der Waals surface area contributed by atoms with E-state index in [2.05, 4.69) is 20.1 Å². The van der Waals surface area contributed by atoms with E-state index in [-0.39, 0.29) is 17.3 Å². The Hall–Kier alpha value is -2.79. The summed E-state index contributed by atoms with van der Waals surface area (Å²) in [5.74, 6) is 0.400. The summed E-state index contributed by atoms with van der Waals surface area (Å²) in [6.45, 7) is 3.57. The van der Waals surface area contributed by atoms with Crippen LogP contribution in [0.5, 0.6) is 0 Å². The Morgan fingerprint density at radius 1 is 1.12 bits per heavy atom. The molecule has 0 saturated carbocycles. The van der Waals surface area contributed by atoms with Crippen LogP contribution < -0.4 is 10.0 Å². The molecule has 0 atom stereocenters. The first-order chi connectivity index (χ1) is 15.2. The molecule has 32 heavy (non-hydrogen) atoms. The average molecular weight is 490 g/mol. The molecule has 2 aromatic heterocycles. The second-order valence-corrected chi connectivity index (χ2v) is 10.4. The van der Waals surface area contributed by atoms with Gasteiger partial charge in [0.2, 0.25) is 20.9 Å². The zero-order chi connectivity index (χ0) is 22.9. The zero-order valence-electron chi connectivity index (χ0n) is 17.3. The van der Waals surface area contributed by atoms with Crippen LogP contribution in [0.1, 0.15) is 17.5 Å². The van der Waals surface area contributed by atoms with Gasteiger partial charge in [-0.2, -0.15) is 4.98 Å². The summed E-state index contributed by atoms with van der Waals surface area (Å²) in [5.41, 5.74) is 2.35. The first-order valence-corrected chi connectivity index (χ1v) is 12.4. The molecular weight excluding hydrogens is 470 g/mol. The normalized spacial score (nSPS) is 11.7. The third-order valence-electron chi connectivity index (χ3n) is 4.74. The number of hydrogen-bond acceptors (Lipinski definition) is 6. The van der Waals surface area contributed by atoms with Crippen molar-refractivity contribution in [2.45, 2.75) is 25.2 Å². The number of carbonyl (C=O) groups excluding carboxylic acids is 1. The van der Waals surface area contributed by atoms with Crippen LogP contribution in [-0.4, -0.2) is 35.5 Å². The molecule has 0 aliphatic rings. The molecular formula is C21H20ClN5O3S2. The summed E-state index contributed by atoms with van der Waals surface area (Å²) in [6.07, 6.45) is 0.515. The van der Waals surface area contributed by atoms with Crippen LogP contribution in [0, 0.1) is 6.92 Å². The Kier molecular flexibility index (Phi) is 6.29. The summed E-state index contributed by atoms with van der Waals surface area (Å²) in [4.78, 5) is 17.6. The van der Waals surface area contributed by atoms with Gasteiger partial charge in [-0.1, -0.05) is 22.9 Å². The smallest absolute Gasteiger partial charge is 0.240 e. The minimum atomic E-state index is -3.66. The number of rotatable bonds is 7. The Morgan fingerprint density at radius 3 is 2.44 bits per heavy atom. The van der Waals surface area contributed by atoms with E-state index in [0.29, 0.717) is 23.0 Å². The number of halogens is 1. The molecule has 0 fully saturated rings. The molecule has 166 valence electrons. The number of amides is 1. The van der Waals surface area contributed by atoms with Crippen LogP contribution in [0.4, 0.5) is 5.69 Å². The van der Waals surface area contributed by atoms with Crippen LogP contribution in [0.25, 0.3) is 16.3 Å². The van der Waals surface area contributed by atoms with E-state index in [0.717, 1.165) is 21.1 Å². The minimum Gasteiger partial charge on any atom is -0.326 e. The lowest BCUT2D eigenvalue weighted by Gasteiger charge is -2.08. The molecule has 0 aliphatic carbocycles. The van der Waals surface area contributed by atoms with Crippen LogP contribution in [0.3, 0.4) is 0 Å². The van der Waals surface area contributed by atoms with E-state index in [9.17, 15) is 13.2 Å². The van der Waals surface area contributed by atoms with Gasteiger partial charge in [-0.15, -0.1) is 5.10 Å². The van der Waals surface area contributed by atoms with Crippen LogP contribution in [0.15, 0.2) is 53.4 Å². The lowest BCUT2D eigenvalue weighted by molar-refractivity contribution is -0.114. The fourth-order valence-corrected chi connectivity index (χ4v) is 5.35. The van der Waals surface area contributed by atoms with Crippen molar-refractivity contribution >= 4 is 49.5 Å². The number of thiazole rings is 1. The number of nitrogens with one attached hydrogen (secondary N) is 2. The standard InChI is InChI=1S/C21H20ClN5O3S2/c1-13-19(31-21-25-20(26-27(13)21)15-3-5-16(22)6-4-15)11-12-23-32(29,30)18-9-7-17(8-10-18)24-14(2)28/h3-10,23H,11-12H2,1-2H3,(H,24,28). The second kappa shape index (κ2) is 8.99. The van der Waals surface area contributed by atoms with Crippen molar-refractivity contribution in [3.8, 4) is 11.4 Å². The third kappa shape index (κ3) is 4.83. The number of benzene rings is 2. The molecule has 0 aliphatic heterocycles. The van der Waals surface area contributed by atoms with E-state index < -0.39 is 10.0 Å². The van der Waals surface area contributed by atoms with Crippen LogP contribution in [-0.2, 0) is 21.2 Å². The maximum absolute atomic E-state index is 12.6. The van der Waals surface area contributed by atoms with Crippen molar-refractivity contribution in [2.24, 2.45) is 0 Å². The number of fused-ring (bicyclic) bond motifs is 1. The maximum atomic E-state index is 12.6. The fraction of sp³-hybridized carbons (Fsp3) is 0.190. The summed E-state index contributed by atoms with van der Waals surface area (Å²) in [6, 6.07) is 13.4. The lowest BCUT2D eigenvalue weighted by Crippen LogP contribution is -2.26. The van der Waals surface area contributed by atoms with Gasteiger partial charge in [0, 0.05) is 34.6 Å². The Morgan fingerprint density at radius 2 is 1.81 bits per heavy atom. The molecule has 0 radical (unpaired) electrons. The van der Waals surface area contributed by atoms with E-state index >= 15 is 0 Å². The molecule has 2 heterocycles. The highest BCUT2D eigenvalue weighted by Crippen LogP contribution is 2.26. The third-order valence-corrected chi connectivity index (χ3v) is 7.67. The minimum absolute atomic E-state index is 0.138. The van der Waals surface area contributed by atoms with Gasteiger partial charge in [0.05, 0.1) is 10.6 Å². The molecule has 0 saturated heterocycles. The van der Waals surface area contributed by atoms with Gasteiger partial charge in [-0.3, -0.25) is 4.79 Å². The quantitative estimate of drug-likeness (QED) is 0.409. The number of anilines is 1. The number of sulfonamides is 1. The van der Waals surface area contributed by atoms with Crippen molar-refractivity contribution in [2.75, 3.05) is 11.9 Å². The molecule has 8 nitrogen and oxygen atoms in total. The number of nitrogens with zero attached hydrogens (tertiary/aromatic N) is 3. The van der Waals surface area contributed by atoms with Crippen molar-refractivity contribution in [3.05, 3.63) is 64.1 Å². The lowest BCUT2D eigenvalue weighted by atomic mass is 10.2. The Balaban J connectivity index is 1.42. The number of carbonyl (C=O) groups is 1. The van der Waals surface area contributed by atoms with Gasteiger partial charge in [0.1, 0.15) is 0 Å². The van der Waals surface area contributed by atoms with E-state index in [1.54, 1.807) is 28.8 Å². The number of aromatic nitrogens is 3. The molecule has 1 amide bonds. The molecule has 0 bridgehead atoms. The summed E-state index contributed by atoms with van der Waals surface area (Å²) in [5, 5.41) is 7.83. The van der Waals surface area contributed by atoms with E-state index in [1.807, 2.05) is 19.1 Å². The van der Waals surface area contributed by atoms with E-state index in [4.69, 9.17) is 11.6 Å². The zero-order valence-corrected chi connectivity index (χ0v) is 19.7. The molecule has 2 N–H and O–H groups in total. The van der Waals surface area contributed by atoms with Gasteiger partial charge in [-0.25, -0.2) is 17.7 Å². The SMILES string of the molecule is CC(=O)Nc1ccc(S(=O)(=O)NCCc2sc3nc(-c4ccc(Cl)cc4)nn3c2C)cc1. The van der Waals surface area contributed by atoms with Gasteiger partial charge in [0.25, 0.3) is 0 Å². The first kappa shape index (κ1) is 22.4. The van der Waals surface area contributed by atoms with Gasteiger partial charge in [-0.05, 0) is 61.9 Å². The van der Waals surface area contributed by atoms with Crippen molar-refractivity contribution in [1.29, 1.82) is 0 Å². The van der Waals surface area contributed by atoms with Gasteiger partial charge in [0.15, 0.2) is 5.82 Å². The average Bonchev–Trinajstić information content (AvgIpc) is 3.28. The van der Waals surface area contributed by atoms with Crippen LogP contribution in [0.2, 0.25) is 5.02 Å². The monoisotopic (exact) mass is 489 g/mol. The van der Waals surface area contributed by atoms with Crippen LogP contribution >= 0.6 is 22.9 Å². The van der Waals surface area contributed by atoms with E-state index in [1.165, 1.54) is 30.4 Å². The summed E-state index contributed by atoms with van der Waals surface area (Å²) < 4.78 is 29.5. The summed E-state index contributed by atoms with van der Waals surface area (Å²) in [7, 11) is -3.66. The fourth-order valence-electron chi connectivity index (χ4n) is 3.14. The largest absolute Gasteiger partial charge is 0.326 e. The molecule has 0 spiro atoms. The van der Waals surface area contributed by atoms with Gasteiger partial charge >= 0.3 is 0 Å². The predicted molar refractivity (Wildman–Crippen MR) is 126 cm³/mol. The second-order valence-electron chi connectivity index (χ2n) is 7.10. The molecule has 4 rings (SSSR count). The van der Waals surface area contributed by atoms with Crippen molar-refractivity contribution in [3.63, 3.8) is 0 Å².